The standard InChI is InChI=1S/C28H37N3O2/c1-19(2)21-10-12-22(13-11-21)29-27-30-24-17-20(9-15-26(32)33-5)8-14-25(24)31(27)23-7-6-16-28(3,4)18-23/h8,10-14,17,19,23H,6-7,9,15-16,18H2,1-5H3,(H,29,30). The molecule has 1 atom stereocenters. The van der Waals surface area contributed by atoms with E-state index in [4.69, 9.17) is 9.72 Å². The second kappa shape index (κ2) is 9.58. The fraction of sp³-hybridized carbons (Fsp3) is 0.500. The van der Waals surface area contributed by atoms with Crippen molar-refractivity contribution in [2.75, 3.05) is 12.4 Å². The number of rotatable bonds is 7. The number of nitrogens with zero attached hydrogens (tertiary/aromatic N) is 2. The first-order chi connectivity index (χ1) is 15.8. The van der Waals surface area contributed by atoms with Crippen molar-refractivity contribution in [2.24, 2.45) is 5.41 Å². The van der Waals surface area contributed by atoms with E-state index in [1.54, 1.807) is 0 Å². The van der Waals surface area contributed by atoms with Crippen molar-refractivity contribution in [1.82, 2.24) is 9.55 Å². The average Bonchev–Trinajstić information content (AvgIpc) is 3.14. The summed E-state index contributed by atoms with van der Waals surface area (Å²) in [6, 6.07) is 15.5. The predicted octanol–water partition coefficient (Wildman–Crippen LogP) is 7.15. The summed E-state index contributed by atoms with van der Waals surface area (Å²) in [7, 11) is 1.44. The lowest BCUT2D eigenvalue weighted by atomic mass is 9.75. The molecule has 1 aliphatic rings. The van der Waals surface area contributed by atoms with Crippen molar-refractivity contribution >= 4 is 28.6 Å². The highest BCUT2D eigenvalue weighted by Crippen LogP contribution is 2.43. The first kappa shape index (κ1) is 23.3. The minimum atomic E-state index is -0.183. The molecule has 1 N–H and O–H groups in total. The fourth-order valence-corrected chi connectivity index (χ4v) is 5.07. The lowest BCUT2D eigenvalue weighted by Crippen LogP contribution is -2.25. The van der Waals surface area contributed by atoms with Gasteiger partial charge >= 0.3 is 5.97 Å². The lowest BCUT2D eigenvalue weighted by molar-refractivity contribution is -0.140. The second-order valence-corrected chi connectivity index (χ2v) is 10.5. The maximum Gasteiger partial charge on any atom is 0.305 e. The molecule has 5 heteroatoms. The molecular formula is C28H37N3O2. The van der Waals surface area contributed by atoms with Gasteiger partial charge in [0, 0.05) is 18.2 Å². The van der Waals surface area contributed by atoms with Gasteiger partial charge < -0.3 is 14.6 Å². The van der Waals surface area contributed by atoms with Crippen molar-refractivity contribution in [2.45, 2.75) is 78.2 Å². The van der Waals surface area contributed by atoms with E-state index in [0.717, 1.165) is 34.7 Å². The number of nitrogens with one attached hydrogen (secondary N) is 1. The molecule has 1 saturated carbocycles. The molecule has 1 aliphatic carbocycles. The van der Waals surface area contributed by atoms with Crippen LogP contribution in [0.15, 0.2) is 42.5 Å². The van der Waals surface area contributed by atoms with Crippen molar-refractivity contribution < 1.29 is 9.53 Å². The number of methoxy groups -OCH3 is 1. The molecule has 3 aromatic rings. The van der Waals surface area contributed by atoms with Gasteiger partial charge in [-0.2, -0.15) is 0 Å². The Bertz CT molecular complexity index is 1110. The summed E-state index contributed by atoms with van der Waals surface area (Å²) in [4.78, 5) is 16.6. The Balaban J connectivity index is 1.70. The van der Waals surface area contributed by atoms with Crippen molar-refractivity contribution in [1.29, 1.82) is 0 Å². The Morgan fingerprint density at radius 2 is 1.97 bits per heavy atom. The average molecular weight is 448 g/mol. The van der Waals surface area contributed by atoms with E-state index in [-0.39, 0.29) is 5.97 Å². The zero-order valence-electron chi connectivity index (χ0n) is 20.6. The molecule has 0 aliphatic heterocycles. The fourth-order valence-electron chi connectivity index (χ4n) is 5.07. The third-order valence-corrected chi connectivity index (χ3v) is 6.98. The van der Waals surface area contributed by atoms with Crippen LogP contribution in [-0.2, 0) is 16.0 Å². The van der Waals surface area contributed by atoms with Gasteiger partial charge in [0.05, 0.1) is 18.1 Å². The molecule has 1 fully saturated rings. The minimum absolute atomic E-state index is 0.183. The van der Waals surface area contributed by atoms with Crippen LogP contribution in [0, 0.1) is 5.41 Å². The Labute approximate surface area is 197 Å². The van der Waals surface area contributed by atoms with Crippen LogP contribution in [0.1, 0.15) is 82.9 Å². The van der Waals surface area contributed by atoms with Gasteiger partial charge in [-0.15, -0.1) is 0 Å². The molecule has 0 amide bonds. The lowest BCUT2D eigenvalue weighted by Gasteiger charge is -2.36. The number of imidazole rings is 1. The van der Waals surface area contributed by atoms with Crippen molar-refractivity contribution in [3.63, 3.8) is 0 Å². The largest absolute Gasteiger partial charge is 0.469 e. The number of benzene rings is 2. The highest BCUT2D eigenvalue weighted by molar-refractivity contribution is 5.81. The molecule has 0 spiro atoms. The molecule has 0 bridgehead atoms. The molecular weight excluding hydrogens is 410 g/mol. The Hall–Kier alpha value is -2.82. The number of fused-ring (bicyclic) bond motifs is 1. The zero-order chi connectivity index (χ0) is 23.6. The van der Waals surface area contributed by atoms with E-state index in [2.05, 4.69) is 80.0 Å². The third-order valence-electron chi connectivity index (χ3n) is 6.98. The van der Waals surface area contributed by atoms with Gasteiger partial charge in [0.15, 0.2) is 0 Å². The van der Waals surface area contributed by atoms with Gasteiger partial charge in [-0.25, -0.2) is 4.98 Å². The van der Waals surface area contributed by atoms with Crippen LogP contribution < -0.4 is 5.32 Å². The smallest absolute Gasteiger partial charge is 0.305 e. The molecule has 1 unspecified atom stereocenters. The molecule has 2 aromatic carbocycles. The highest BCUT2D eigenvalue weighted by atomic mass is 16.5. The summed E-state index contributed by atoms with van der Waals surface area (Å²) in [5.41, 5.74) is 5.95. The summed E-state index contributed by atoms with van der Waals surface area (Å²) in [5, 5.41) is 3.61. The van der Waals surface area contributed by atoms with E-state index in [1.165, 1.54) is 31.9 Å². The normalized spacial score (nSPS) is 17.9. The molecule has 1 heterocycles. The first-order valence-corrected chi connectivity index (χ1v) is 12.2. The van der Waals surface area contributed by atoms with Crippen LogP contribution in [-0.4, -0.2) is 22.6 Å². The highest BCUT2D eigenvalue weighted by Gasteiger charge is 2.31. The number of esters is 1. The van der Waals surface area contributed by atoms with Crippen LogP contribution in [0.3, 0.4) is 0 Å². The number of ether oxygens (including phenoxy) is 1. The third kappa shape index (κ3) is 5.40. The summed E-state index contributed by atoms with van der Waals surface area (Å²) in [6.07, 6.45) is 5.85. The quantitative estimate of drug-likeness (QED) is 0.391. The number of aromatic nitrogens is 2. The topological polar surface area (TPSA) is 56.1 Å². The van der Waals surface area contributed by atoms with Gasteiger partial charge in [0.1, 0.15) is 0 Å². The van der Waals surface area contributed by atoms with Gasteiger partial charge in [-0.1, -0.05) is 52.3 Å². The summed E-state index contributed by atoms with van der Waals surface area (Å²) in [6.45, 7) is 9.18. The van der Waals surface area contributed by atoms with Crippen molar-refractivity contribution in [3.8, 4) is 0 Å². The predicted molar refractivity (Wildman–Crippen MR) is 135 cm³/mol. The molecule has 33 heavy (non-hydrogen) atoms. The van der Waals surface area contributed by atoms with E-state index in [9.17, 15) is 4.79 Å². The van der Waals surface area contributed by atoms with E-state index >= 15 is 0 Å². The summed E-state index contributed by atoms with van der Waals surface area (Å²) < 4.78 is 7.22. The Morgan fingerprint density at radius 3 is 2.64 bits per heavy atom. The second-order valence-electron chi connectivity index (χ2n) is 10.5. The van der Waals surface area contributed by atoms with Gasteiger partial charge in [-0.3, -0.25) is 4.79 Å². The van der Waals surface area contributed by atoms with Crippen LogP contribution in [0.4, 0.5) is 11.6 Å². The Kier molecular flexibility index (Phi) is 6.78. The van der Waals surface area contributed by atoms with Crippen LogP contribution in [0.25, 0.3) is 11.0 Å². The van der Waals surface area contributed by atoms with E-state index in [0.29, 0.717) is 30.2 Å². The van der Waals surface area contributed by atoms with Crippen LogP contribution in [0.5, 0.6) is 0 Å². The SMILES string of the molecule is COC(=O)CCc1ccc2c(c1)nc(Nc1ccc(C(C)C)cc1)n2C1CCCC(C)(C)C1. The number of hydrogen-bond donors (Lipinski definition) is 1. The number of aryl methyl sites for hydroxylation is 1. The summed E-state index contributed by atoms with van der Waals surface area (Å²) in [5.74, 6) is 1.23. The number of anilines is 2. The maximum absolute atomic E-state index is 11.6. The van der Waals surface area contributed by atoms with Crippen LogP contribution in [0.2, 0.25) is 0 Å². The molecule has 4 rings (SSSR count). The van der Waals surface area contributed by atoms with E-state index in [1.807, 2.05) is 0 Å². The molecule has 0 radical (unpaired) electrons. The molecule has 5 nitrogen and oxygen atoms in total. The van der Waals surface area contributed by atoms with Gasteiger partial charge in [0.25, 0.3) is 0 Å². The summed E-state index contributed by atoms with van der Waals surface area (Å²) >= 11 is 0. The molecule has 0 saturated heterocycles. The maximum atomic E-state index is 11.6. The number of carbonyl (C=O) groups is 1. The monoisotopic (exact) mass is 447 g/mol. The Morgan fingerprint density at radius 1 is 1.21 bits per heavy atom. The first-order valence-electron chi connectivity index (χ1n) is 12.2. The number of carbonyl (C=O) groups excluding carboxylic acids is 1. The number of hydrogen-bond acceptors (Lipinski definition) is 4. The molecule has 176 valence electrons. The zero-order valence-corrected chi connectivity index (χ0v) is 20.6. The van der Waals surface area contributed by atoms with Crippen LogP contribution >= 0.6 is 0 Å². The van der Waals surface area contributed by atoms with E-state index < -0.39 is 0 Å². The van der Waals surface area contributed by atoms with Crippen molar-refractivity contribution in [3.05, 3.63) is 53.6 Å². The minimum Gasteiger partial charge on any atom is -0.469 e. The van der Waals surface area contributed by atoms with Gasteiger partial charge in [0.2, 0.25) is 5.95 Å². The molecule has 1 aromatic heterocycles. The van der Waals surface area contributed by atoms with Gasteiger partial charge in [-0.05, 0) is 72.4 Å².